The van der Waals surface area contributed by atoms with Crippen molar-refractivity contribution in [3.05, 3.63) is 52.9 Å². The number of hydrogen-bond donors (Lipinski definition) is 1. The fourth-order valence-electron chi connectivity index (χ4n) is 3.20. The Balaban J connectivity index is 1.77. The summed E-state index contributed by atoms with van der Waals surface area (Å²) in [4.78, 5) is 10.6. The predicted molar refractivity (Wildman–Crippen MR) is 86.4 cm³/mol. The van der Waals surface area contributed by atoms with Gasteiger partial charge in [0.25, 0.3) is 0 Å². The summed E-state index contributed by atoms with van der Waals surface area (Å²) in [6.45, 7) is 6.56. The Morgan fingerprint density at radius 1 is 1.39 bits per heavy atom. The smallest absolute Gasteiger partial charge is 0.328 e. The Hall–Kier alpha value is -2.10. The molecule has 3 rings (SSSR count). The minimum atomic E-state index is -1.06. The van der Waals surface area contributed by atoms with Gasteiger partial charge in [0.2, 0.25) is 0 Å². The molecule has 1 aliphatic carbocycles. The third-order valence-corrected chi connectivity index (χ3v) is 4.61. The first-order valence-corrected chi connectivity index (χ1v) is 7.83. The molecule has 3 nitrogen and oxygen atoms in total. The number of benzene rings is 1. The highest BCUT2D eigenvalue weighted by Crippen LogP contribution is 2.53. The van der Waals surface area contributed by atoms with Gasteiger partial charge in [-0.15, -0.1) is 0 Å². The van der Waals surface area contributed by atoms with Gasteiger partial charge in [-0.2, -0.15) is 0 Å². The van der Waals surface area contributed by atoms with E-state index in [0.717, 1.165) is 23.8 Å². The Kier molecular flexibility index (Phi) is 3.78. The maximum Gasteiger partial charge on any atom is 0.328 e. The highest BCUT2D eigenvalue weighted by molar-refractivity contribution is 5.81. The SMILES string of the molecule is CC(=C\C(=O)O)/C=C(/F)[C@H]1C[C@@H]1c1ccc2c(c1)C(C)(C)CO2. The maximum atomic E-state index is 14.3. The molecule has 0 spiro atoms. The van der Waals surface area contributed by atoms with Crippen molar-refractivity contribution in [1.29, 1.82) is 0 Å². The molecule has 1 N–H and O–H groups in total. The molecule has 0 aromatic heterocycles. The fraction of sp³-hybridized carbons (Fsp3) is 0.421. The molecular formula is C19H21FO3. The number of carbonyl (C=O) groups is 1. The van der Waals surface area contributed by atoms with Crippen LogP contribution in [0.3, 0.4) is 0 Å². The lowest BCUT2D eigenvalue weighted by Crippen LogP contribution is -2.18. The van der Waals surface area contributed by atoms with Crippen LogP contribution in [0.1, 0.15) is 44.2 Å². The zero-order chi connectivity index (χ0) is 16.8. The van der Waals surface area contributed by atoms with Gasteiger partial charge in [-0.25, -0.2) is 9.18 Å². The van der Waals surface area contributed by atoms with Gasteiger partial charge in [-0.1, -0.05) is 26.0 Å². The third-order valence-electron chi connectivity index (χ3n) is 4.61. The first kappa shape index (κ1) is 15.8. The maximum absolute atomic E-state index is 14.3. The number of aliphatic carboxylic acids is 1. The third kappa shape index (κ3) is 3.16. The quantitative estimate of drug-likeness (QED) is 0.664. The standard InChI is InChI=1S/C19H21FO3/c1-11(7-18(21)22)6-16(20)14-9-13(14)12-4-5-17-15(8-12)19(2,3)10-23-17/h4-8,13-14H,9-10H2,1-3H3,(H,21,22)/b11-7+,16-6+/t13-,14+/m1/s1. The van der Waals surface area contributed by atoms with Crippen LogP contribution in [0, 0.1) is 5.92 Å². The minimum Gasteiger partial charge on any atom is -0.492 e. The lowest BCUT2D eigenvalue weighted by molar-refractivity contribution is -0.131. The topological polar surface area (TPSA) is 46.5 Å². The molecule has 0 unspecified atom stereocenters. The molecule has 1 saturated carbocycles. The Bertz CT molecular complexity index is 715. The van der Waals surface area contributed by atoms with Crippen molar-refractivity contribution >= 4 is 5.97 Å². The lowest BCUT2D eigenvalue weighted by Gasteiger charge is -2.15. The number of carboxylic acids is 1. The fourth-order valence-corrected chi connectivity index (χ4v) is 3.20. The molecule has 2 atom stereocenters. The largest absolute Gasteiger partial charge is 0.492 e. The van der Waals surface area contributed by atoms with E-state index in [1.165, 1.54) is 11.6 Å². The van der Waals surface area contributed by atoms with Crippen molar-refractivity contribution in [2.45, 2.75) is 38.5 Å². The highest BCUT2D eigenvalue weighted by atomic mass is 19.1. The van der Waals surface area contributed by atoms with E-state index in [1.54, 1.807) is 6.92 Å². The summed E-state index contributed by atoms with van der Waals surface area (Å²) in [5, 5.41) is 8.68. The summed E-state index contributed by atoms with van der Waals surface area (Å²) in [6.07, 6.45) is 3.12. The number of hydrogen-bond acceptors (Lipinski definition) is 2. The van der Waals surface area contributed by atoms with Gasteiger partial charge in [0.15, 0.2) is 0 Å². The molecule has 0 bridgehead atoms. The second-order valence-electron chi connectivity index (χ2n) is 7.13. The van der Waals surface area contributed by atoms with Crippen molar-refractivity contribution < 1.29 is 19.0 Å². The van der Waals surface area contributed by atoms with Crippen molar-refractivity contribution in [2.75, 3.05) is 6.61 Å². The van der Waals surface area contributed by atoms with Crippen LogP contribution in [0.4, 0.5) is 4.39 Å². The van der Waals surface area contributed by atoms with Crippen LogP contribution in [0.5, 0.6) is 5.75 Å². The number of fused-ring (bicyclic) bond motifs is 1. The second-order valence-corrected chi connectivity index (χ2v) is 7.13. The number of halogens is 1. The van der Waals surface area contributed by atoms with Crippen molar-refractivity contribution in [3.8, 4) is 5.75 Å². The lowest BCUT2D eigenvalue weighted by atomic mass is 9.85. The first-order valence-electron chi connectivity index (χ1n) is 7.83. The average Bonchev–Trinajstić information content (AvgIpc) is 3.19. The molecule has 1 aliphatic heterocycles. The molecule has 23 heavy (non-hydrogen) atoms. The highest BCUT2D eigenvalue weighted by Gasteiger charge is 2.43. The average molecular weight is 316 g/mol. The molecule has 122 valence electrons. The van der Waals surface area contributed by atoms with Crippen LogP contribution < -0.4 is 4.74 Å². The Labute approximate surface area is 135 Å². The normalized spacial score (nSPS) is 25.7. The second kappa shape index (κ2) is 5.52. The van der Waals surface area contributed by atoms with E-state index >= 15 is 0 Å². The molecule has 0 saturated heterocycles. The molecule has 1 heterocycles. The summed E-state index contributed by atoms with van der Waals surface area (Å²) >= 11 is 0. The van der Waals surface area contributed by atoms with Crippen LogP contribution in [-0.4, -0.2) is 17.7 Å². The molecule has 0 amide bonds. The predicted octanol–water partition coefficient (Wildman–Crippen LogP) is 4.34. The van der Waals surface area contributed by atoms with Crippen molar-refractivity contribution in [3.63, 3.8) is 0 Å². The van der Waals surface area contributed by atoms with E-state index in [4.69, 9.17) is 9.84 Å². The number of rotatable bonds is 4. The van der Waals surface area contributed by atoms with Gasteiger partial charge >= 0.3 is 5.97 Å². The van der Waals surface area contributed by atoms with E-state index < -0.39 is 5.97 Å². The van der Waals surface area contributed by atoms with E-state index in [-0.39, 0.29) is 23.1 Å². The first-order chi connectivity index (χ1) is 10.8. The van der Waals surface area contributed by atoms with Gasteiger partial charge in [0.1, 0.15) is 11.6 Å². The van der Waals surface area contributed by atoms with Crippen LogP contribution in [0.15, 0.2) is 41.8 Å². The Morgan fingerprint density at radius 3 is 2.83 bits per heavy atom. The van der Waals surface area contributed by atoms with Crippen LogP contribution in [0.25, 0.3) is 0 Å². The van der Waals surface area contributed by atoms with E-state index in [0.29, 0.717) is 12.2 Å². The summed E-state index contributed by atoms with van der Waals surface area (Å²) in [6, 6.07) is 6.13. The van der Waals surface area contributed by atoms with Gasteiger partial charge in [-0.05, 0) is 42.5 Å². The molecule has 4 heteroatoms. The zero-order valence-electron chi connectivity index (χ0n) is 13.6. The molecule has 1 aromatic carbocycles. The molecule has 1 fully saturated rings. The van der Waals surface area contributed by atoms with E-state index in [9.17, 15) is 9.18 Å². The van der Waals surface area contributed by atoms with Gasteiger partial charge in [0.05, 0.1) is 6.61 Å². The minimum absolute atomic E-state index is 0.00900. The summed E-state index contributed by atoms with van der Waals surface area (Å²) in [5.74, 6) is -0.339. The van der Waals surface area contributed by atoms with Crippen molar-refractivity contribution in [2.24, 2.45) is 5.92 Å². The summed E-state index contributed by atoms with van der Waals surface area (Å²) < 4.78 is 19.9. The molecule has 1 aromatic rings. The molecule has 0 radical (unpaired) electrons. The summed E-state index contributed by atoms with van der Waals surface area (Å²) in [5.41, 5.74) is 2.73. The van der Waals surface area contributed by atoms with Crippen molar-refractivity contribution in [1.82, 2.24) is 0 Å². The number of allylic oxidation sites excluding steroid dienone is 3. The monoisotopic (exact) mass is 316 g/mol. The Morgan fingerprint density at radius 2 is 2.13 bits per heavy atom. The van der Waals surface area contributed by atoms with E-state index in [2.05, 4.69) is 19.9 Å². The van der Waals surface area contributed by atoms with Gasteiger partial charge in [0, 0.05) is 23.0 Å². The zero-order valence-corrected chi connectivity index (χ0v) is 13.6. The van der Waals surface area contributed by atoms with Gasteiger partial charge < -0.3 is 9.84 Å². The van der Waals surface area contributed by atoms with Crippen LogP contribution >= 0.6 is 0 Å². The number of ether oxygens (including phenoxy) is 1. The van der Waals surface area contributed by atoms with Crippen LogP contribution in [-0.2, 0) is 10.2 Å². The van der Waals surface area contributed by atoms with Crippen LogP contribution in [0.2, 0.25) is 0 Å². The summed E-state index contributed by atoms with van der Waals surface area (Å²) in [7, 11) is 0. The molecular weight excluding hydrogens is 295 g/mol. The van der Waals surface area contributed by atoms with Gasteiger partial charge in [-0.3, -0.25) is 0 Å². The molecule has 2 aliphatic rings. The van der Waals surface area contributed by atoms with E-state index in [1.807, 2.05) is 12.1 Å². The number of carboxylic acid groups (broad SMARTS) is 1.